The van der Waals surface area contributed by atoms with Gasteiger partial charge in [-0.05, 0) is 6.07 Å². The van der Waals surface area contributed by atoms with Crippen molar-refractivity contribution < 1.29 is 0 Å². The Balaban J connectivity index is 2.89. The van der Waals surface area contributed by atoms with Crippen molar-refractivity contribution in [1.29, 1.82) is 0 Å². The van der Waals surface area contributed by atoms with E-state index < -0.39 is 0 Å². The van der Waals surface area contributed by atoms with Crippen LogP contribution in [0.15, 0.2) is 30.5 Å². The normalized spacial score (nSPS) is 10.0. The Kier molecular flexibility index (Phi) is 1.14. The average molecular weight is 127 g/mol. The summed E-state index contributed by atoms with van der Waals surface area (Å²) < 4.78 is 0. The molecule has 0 aliphatic rings. The minimum absolute atomic E-state index is 0.904. The third-order valence-electron chi connectivity index (χ3n) is 1.37. The van der Waals surface area contributed by atoms with Crippen molar-refractivity contribution in [2.75, 3.05) is 0 Å². The lowest BCUT2D eigenvalue weighted by atomic mass is 10.2. The number of pyridine rings is 1. The molecular weight excluding hydrogens is 122 g/mol. The zero-order valence-electron chi connectivity index (χ0n) is 5.33. The second-order valence-electron chi connectivity index (χ2n) is 2.04. The van der Waals surface area contributed by atoms with Gasteiger partial charge in [0.25, 0.3) is 0 Å². The highest BCUT2D eigenvalue weighted by molar-refractivity contribution is 5.76. The van der Waals surface area contributed by atoms with E-state index in [1.165, 1.54) is 0 Å². The molecule has 2 aromatic rings. The zero-order valence-corrected chi connectivity index (χ0v) is 5.33. The number of para-hydroxylation sites is 1. The van der Waals surface area contributed by atoms with E-state index in [-0.39, 0.29) is 0 Å². The third kappa shape index (κ3) is 0.760. The number of hydrogen-bond acceptors (Lipinski definition) is 1. The van der Waals surface area contributed by atoms with E-state index in [2.05, 4.69) is 17.1 Å². The van der Waals surface area contributed by atoms with E-state index in [1.807, 2.05) is 24.3 Å². The van der Waals surface area contributed by atoms with Crippen LogP contribution >= 0.6 is 0 Å². The summed E-state index contributed by atoms with van der Waals surface area (Å²) in [5.41, 5.74) is 0.904. The average Bonchev–Trinajstić information content (AvgIpc) is 2.05. The molecule has 1 nitrogen and oxygen atoms in total. The van der Waals surface area contributed by atoms with Crippen LogP contribution in [-0.4, -0.2) is 4.98 Å². The van der Waals surface area contributed by atoms with Crippen LogP contribution in [0.3, 0.4) is 0 Å². The second-order valence-corrected chi connectivity index (χ2v) is 2.04. The van der Waals surface area contributed by atoms with Gasteiger partial charge in [0.05, 0.1) is 5.52 Å². The standard InChI is InChI=1S/C9H5N/c1-2-6-9-8(4-1)5-3-7-10-9/h1-2,4-5,7H. The largest absolute Gasteiger partial charge is 0.255 e. The van der Waals surface area contributed by atoms with Crippen LogP contribution in [0.2, 0.25) is 0 Å². The maximum atomic E-state index is 4.07. The summed E-state index contributed by atoms with van der Waals surface area (Å²) in [4.78, 5) is 4.07. The van der Waals surface area contributed by atoms with Crippen molar-refractivity contribution in [2.45, 2.75) is 0 Å². The molecule has 10 heavy (non-hydrogen) atoms. The van der Waals surface area contributed by atoms with Gasteiger partial charge >= 0.3 is 0 Å². The molecule has 0 saturated carbocycles. The Labute approximate surface area is 59.3 Å². The number of aromatic nitrogens is 1. The van der Waals surface area contributed by atoms with Crippen LogP contribution in [-0.2, 0) is 0 Å². The summed E-state index contributed by atoms with van der Waals surface area (Å²) in [7, 11) is 0. The van der Waals surface area contributed by atoms with Crippen LogP contribution in [0.25, 0.3) is 10.9 Å². The van der Waals surface area contributed by atoms with Gasteiger partial charge in [-0.2, -0.15) is 0 Å². The van der Waals surface area contributed by atoms with Crippen LogP contribution in [0, 0.1) is 12.1 Å². The lowest BCUT2D eigenvalue weighted by molar-refractivity contribution is 1.40. The van der Waals surface area contributed by atoms with Gasteiger partial charge in [0, 0.05) is 23.7 Å². The van der Waals surface area contributed by atoms with Crippen molar-refractivity contribution in [3.05, 3.63) is 42.6 Å². The molecule has 1 aromatic carbocycles. The van der Waals surface area contributed by atoms with Crippen molar-refractivity contribution in [1.82, 2.24) is 4.98 Å². The third-order valence-corrected chi connectivity index (χ3v) is 1.37. The Bertz CT molecular complexity index is 276. The zero-order chi connectivity index (χ0) is 6.81. The van der Waals surface area contributed by atoms with Gasteiger partial charge in [0.2, 0.25) is 0 Å². The van der Waals surface area contributed by atoms with E-state index in [4.69, 9.17) is 0 Å². The highest BCUT2D eigenvalue weighted by Crippen LogP contribution is 2.06. The molecule has 0 spiro atoms. The molecule has 0 aliphatic heterocycles. The van der Waals surface area contributed by atoms with E-state index in [9.17, 15) is 0 Å². The molecule has 0 amide bonds. The fourth-order valence-electron chi connectivity index (χ4n) is 0.898. The summed E-state index contributed by atoms with van der Waals surface area (Å²) in [6.45, 7) is 0. The predicted octanol–water partition coefficient (Wildman–Crippen LogP) is 1.84. The molecule has 0 unspecified atom stereocenters. The fraction of sp³-hybridized carbons (Fsp3) is 0. The molecule has 1 heterocycles. The maximum absolute atomic E-state index is 4.07. The molecule has 0 fully saturated rings. The van der Waals surface area contributed by atoms with Crippen LogP contribution < -0.4 is 0 Å². The fourth-order valence-corrected chi connectivity index (χ4v) is 0.898. The first-order valence-corrected chi connectivity index (χ1v) is 3.09. The first-order chi connectivity index (χ1) is 4.97. The van der Waals surface area contributed by atoms with Gasteiger partial charge in [-0.15, -0.1) is 0 Å². The van der Waals surface area contributed by atoms with Crippen molar-refractivity contribution in [3.63, 3.8) is 0 Å². The number of rotatable bonds is 0. The monoisotopic (exact) mass is 127 g/mol. The van der Waals surface area contributed by atoms with Crippen molar-refractivity contribution >= 4 is 10.9 Å². The van der Waals surface area contributed by atoms with Crippen LogP contribution in [0.5, 0.6) is 0 Å². The molecule has 1 heteroatoms. The van der Waals surface area contributed by atoms with Gasteiger partial charge < -0.3 is 0 Å². The molecule has 0 bridgehead atoms. The Morgan fingerprint density at radius 2 is 2.40 bits per heavy atom. The van der Waals surface area contributed by atoms with E-state index in [0.29, 0.717) is 0 Å². The molecular formula is C9H5N. The molecule has 0 saturated heterocycles. The van der Waals surface area contributed by atoms with Crippen molar-refractivity contribution in [3.8, 4) is 0 Å². The lowest BCUT2D eigenvalue weighted by Crippen LogP contribution is -1.74. The quantitative estimate of drug-likeness (QED) is 0.526. The number of nitrogens with zero attached hydrogens (tertiary/aromatic N) is 1. The number of hydrogen-bond donors (Lipinski definition) is 0. The topological polar surface area (TPSA) is 12.9 Å². The first-order valence-electron chi connectivity index (χ1n) is 3.09. The number of fused-ring (bicyclic) bond motifs is 1. The van der Waals surface area contributed by atoms with Gasteiger partial charge in [-0.3, -0.25) is 4.98 Å². The van der Waals surface area contributed by atoms with Crippen LogP contribution in [0.4, 0.5) is 0 Å². The van der Waals surface area contributed by atoms with Gasteiger partial charge in [0.15, 0.2) is 0 Å². The minimum Gasteiger partial charge on any atom is -0.255 e. The highest BCUT2D eigenvalue weighted by atomic mass is 14.6. The lowest BCUT2D eigenvalue weighted by Gasteiger charge is -1.90. The Morgan fingerprint density at radius 1 is 1.40 bits per heavy atom. The maximum Gasteiger partial charge on any atom is 0.0781 e. The van der Waals surface area contributed by atoms with E-state index >= 15 is 0 Å². The van der Waals surface area contributed by atoms with Crippen molar-refractivity contribution in [2.24, 2.45) is 0 Å². The molecule has 2 radical (unpaired) electrons. The van der Waals surface area contributed by atoms with E-state index in [1.54, 1.807) is 6.20 Å². The Morgan fingerprint density at radius 3 is 3.30 bits per heavy atom. The summed E-state index contributed by atoms with van der Waals surface area (Å²) in [6.07, 6.45) is 1.65. The summed E-state index contributed by atoms with van der Waals surface area (Å²) in [5, 5.41) is 1.09. The molecule has 2 rings (SSSR count). The highest BCUT2D eigenvalue weighted by Gasteiger charge is 1.87. The van der Waals surface area contributed by atoms with Gasteiger partial charge in [-0.1, -0.05) is 18.2 Å². The molecule has 46 valence electrons. The molecule has 0 N–H and O–H groups in total. The predicted molar refractivity (Wildman–Crippen MR) is 39.4 cm³/mol. The summed E-state index contributed by atoms with van der Waals surface area (Å²) in [6, 6.07) is 13.6. The van der Waals surface area contributed by atoms with E-state index in [0.717, 1.165) is 10.9 Å². The van der Waals surface area contributed by atoms with Gasteiger partial charge in [0.1, 0.15) is 0 Å². The molecule has 1 aromatic heterocycles. The molecule has 0 atom stereocenters. The van der Waals surface area contributed by atoms with Crippen LogP contribution in [0.1, 0.15) is 0 Å². The smallest absolute Gasteiger partial charge is 0.0781 e. The molecule has 0 aliphatic carbocycles. The second kappa shape index (κ2) is 2.10. The summed E-state index contributed by atoms with van der Waals surface area (Å²) >= 11 is 0. The summed E-state index contributed by atoms with van der Waals surface area (Å²) in [5.74, 6) is 0. The van der Waals surface area contributed by atoms with Gasteiger partial charge in [-0.25, -0.2) is 0 Å². The first kappa shape index (κ1) is 5.42. The Hall–Kier alpha value is -1.37. The minimum atomic E-state index is 0.904. The number of benzene rings is 1. The SMILES string of the molecule is [c]1cnc2[c]cccc2c1.